The molecule has 0 heterocycles. The summed E-state index contributed by atoms with van der Waals surface area (Å²) in [6.45, 7) is 6.58. The number of carbonyl (C=O) groups excluding carboxylic acids is 1. The fraction of sp³-hybridized carbons (Fsp3) is 0.381. The molecular formula is C21H24F3NO3. The number of rotatable bonds is 8. The molecule has 1 N–H and O–H groups in total. The normalized spacial score (nSPS) is 12.4. The summed E-state index contributed by atoms with van der Waals surface area (Å²) >= 11 is 0. The Bertz CT molecular complexity index is 788. The molecule has 0 spiro atoms. The van der Waals surface area contributed by atoms with E-state index in [4.69, 9.17) is 9.47 Å². The van der Waals surface area contributed by atoms with Crippen molar-refractivity contribution in [1.29, 1.82) is 0 Å². The summed E-state index contributed by atoms with van der Waals surface area (Å²) in [7, 11) is 0. The number of hydrogen-bond donors (Lipinski definition) is 1. The van der Waals surface area contributed by atoms with Crippen molar-refractivity contribution in [2.45, 2.75) is 39.4 Å². The van der Waals surface area contributed by atoms with Crippen molar-refractivity contribution >= 4 is 5.91 Å². The third-order valence-corrected chi connectivity index (χ3v) is 4.09. The van der Waals surface area contributed by atoms with Crippen LogP contribution in [0.1, 0.15) is 43.5 Å². The first kappa shape index (κ1) is 21.6. The van der Waals surface area contributed by atoms with Crippen molar-refractivity contribution in [2.75, 3.05) is 13.2 Å². The standard InChI is InChI=1S/C21H24F3NO3/c1-4-27-18-11-8-16(13-19(18)28-5-2)14(3)25-20(26)12-15-6-9-17(10-7-15)21(22,23)24/h6-11,13-14H,4-5,12H2,1-3H3,(H,25,26). The summed E-state index contributed by atoms with van der Waals surface area (Å²) < 4.78 is 48.9. The van der Waals surface area contributed by atoms with Crippen LogP contribution in [0.25, 0.3) is 0 Å². The van der Waals surface area contributed by atoms with Gasteiger partial charge in [0.15, 0.2) is 11.5 Å². The van der Waals surface area contributed by atoms with E-state index in [9.17, 15) is 18.0 Å². The molecule has 0 radical (unpaired) electrons. The zero-order chi connectivity index (χ0) is 20.7. The number of ether oxygens (including phenoxy) is 2. The van der Waals surface area contributed by atoms with Gasteiger partial charge >= 0.3 is 6.18 Å². The molecule has 28 heavy (non-hydrogen) atoms. The number of alkyl halides is 3. The molecule has 2 aromatic rings. The molecule has 0 aliphatic rings. The highest BCUT2D eigenvalue weighted by molar-refractivity contribution is 5.79. The van der Waals surface area contributed by atoms with Gasteiger partial charge in [0.2, 0.25) is 5.91 Å². The van der Waals surface area contributed by atoms with Gasteiger partial charge in [-0.15, -0.1) is 0 Å². The van der Waals surface area contributed by atoms with E-state index in [0.717, 1.165) is 17.7 Å². The summed E-state index contributed by atoms with van der Waals surface area (Å²) in [5.74, 6) is 0.959. The number of nitrogens with one attached hydrogen (secondary N) is 1. The Morgan fingerprint density at radius 3 is 2.18 bits per heavy atom. The first-order valence-corrected chi connectivity index (χ1v) is 9.09. The van der Waals surface area contributed by atoms with Crippen LogP contribution in [-0.4, -0.2) is 19.1 Å². The zero-order valence-electron chi connectivity index (χ0n) is 16.1. The van der Waals surface area contributed by atoms with Crippen molar-refractivity contribution in [3.05, 3.63) is 59.2 Å². The topological polar surface area (TPSA) is 47.6 Å². The summed E-state index contributed by atoms with van der Waals surface area (Å²) in [4.78, 5) is 12.3. The van der Waals surface area contributed by atoms with Gasteiger partial charge in [-0.3, -0.25) is 4.79 Å². The first-order valence-electron chi connectivity index (χ1n) is 9.09. The van der Waals surface area contributed by atoms with E-state index in [0.29, 0.717) is 30.3 Å². The molecule has 0 aromatic heterocycles. The van der Waals surface area contributed by atoms with E-state index in [1.165, 1.54) is 12.1 Å². The minimum Gasteiger partial charge on any atom is -0.490 e. The number of halogens is 3. The van der Waals surface area contributed by atoms with Crippen LogP contribution in [0.5, 0.6) is 11.5 Å². The SMILES string of the molecule is CCOc1ccc(C(C)NC(=O)Cc2ccc(C(F)(F)F)cc2)cc1OCC. The van der Waals surface area contributed by atoms with Crippen LogP contribution in [0.3, 0.4) is 0 Å². The maximum Gasteiger partial charge on any atom is 0.416 e. The smallest absolute Gasteiger partial charge is 0.416 e. The van der Waals surface area contributed by atoms with Crippen LogP contribution in [-0.2, 0) is 17.4 Å². The molecule has 7 heteroatoms. The van der Waals surface area contributed by atoms with Gasteiger partial charge in [-0.25, -0.2) is 0 Å². The van der Waals surface area contributed by atoms with Crippen molar-refractivity contribution < 1.29 is 27.4 Å². The van der Waals surface area contributed by atoms with Crippen molar-refractivity contribution in [2.24, 2.45) is 0 Å². The fourth-order valence-corrected chi connectivity index (χ4v) is 2.71. The molecule has 1 atom stereocenters. The van der Waals surface area contributed by atoms with E-state index < -0.39 is 11.7 Å². The van der Waals surface area contributed by atoms with Crippen molar-refractivity contribution in [3.63, 3.8) is 0 Å². The molecule has 0 saturated heterocycles. The maximum atomic E-state index is 12.6. The van der Waals surface area contributed by atoms with Crippen LogP contribution in [0.2, 0.25) is 0 Å². The van der Waals surface area contributed by atoms with E-state index in [1.807, 2.05) is 32.9 Å². The number of carbonyl (C=O) groups is 1. The Hall–Kier alpha value is -2.70. The molecule has 0 bridgehead atoms. The highest BCUT2D eigenvalue weighted by Crippen LogP contribution is 2.31. The molecule has 152 valence electrons. The van der Waals surface area contributed by atoms with Gasteiger partial charge in [0, 0.05) is 0 Å². The molecular weight excluding hydrogens is 371 g/mol. The highest BCUT2D eigenvalue weighted by atomic mass is 19.4. The van der Waals surface area contributed by atoms with Crippen LogP contribution < -0.4 is 14.8 Å². The molecule has 1 amide bonds. The predicted molar refractivity (Wildman–Crippen MR) is 100 cm³/mol. The monoisotopic (exact) mass is 395 g/mol. The predicted octanol–water partition coefficient (Wildman–Crippen LogP) is 4.92. The maximum absolute atomic E-state index is 12.6. The van der Waals surface area contributed by atoms with Crippen LogP contribution in [0.4, 0.5) is 13.2 Å². The summed E-state index contributed by atoms with van der Waals surface area (Å²) in [6, 6.07) is 9.75. The Balaban J connectivity index is 2.02. The van der Waals surface area contributed by atoms with Gasteiger partial charge in [-0.05, 0) is 56.2 Å². The second-order valence-electron chi connectivity index (χ2n) is 6.23. The van der Waals surface area contributed by atoms with Gasteiger partial charge in [-0.1, -0.05) is 18.2 Å². The lowest BCUT2D eigenvalue weighted by Gasteiger charge is -2.17. The van der Waals surface area contributed by atoms with Crippen molar-refractivity contribution in [3.8, 4) is 11.5 Å². The lowest BCUT2D eigenvalue weighted by molar-refractivity contribution is -0.137. The quantitative estimate of drug-likeness (QED) is 0.690. The van der Waals surface area contributed by atoms with E-state index in [2.05, 4.69) is 5.32 Å². The largest absolute Gasteiger partial charge is 0.490 e. The average molecular weight is 395 g/mol. The van der Waals surface area contributed by atoms with Crippen LogP contribution >= 0.6 is 0 Å². The Morgan fingerprint density at radius 2 is 1.61 bits per heavy atom. The van der Waals surface area contributed by atoms with E-state index in [1.54, 1.807) is 6.07 Å². The third-order valence-electron chi connectivity index (χ3n) is 4.09. The first-order chi connectivity index (χ1) is 13.2. The van der Waals surface area contributed by atoms with Gasteiger partial charge in [0.25, 0.3) is 0 Å². The molecule has 0 saturated carbocycles. The minimum atomic E-state index is -4.39. The summed E-state index contributed by atoms with van der Waals surface area (Å²) in [6.07, 6.45) is -4.39. The van der Waals surface area contributed by atoms with Crippen molar-refractivity contribution in [1.82, 2.24) is 5.32 Å². The van der Waals surface area contributed by atoms with Gasteiger partial charge in [0.05, 0.1) is 31.2 Å². The van der Waals surface area contributed by atoms with E-state index >= 15 is 0 Å². The second kappa shape index (κ2) is 9.48. The molecule has 0 fully saturated rings. The van der Waals surface area contributed by atoms with Gasteiger partial charge < -0.3 is 14.8 Å². The lowest BCUT2D eigenvalue weighted by Crippen LogP contribution is -2.28. The average Bonchev–Trinajstić information content (AvgIpc) is 2.63. The summed E-state index contributed by atoms with van der Waals surface area (Å²) in [5, 5.41) is 2.85. The third kappa shape index (κ3) is 5.90. The molecule has 0 aliphatic heterocycles. The van der Waals surface area contributed by atoms with Gasteiger partial charge in [0.1, 0.15) is 0 Å². The molecule has 2 rings (SSSR count). The number of amides is 1. The van der Waals surface area contributed by atoms with Gasteiger partial charge in [-0.2, -0.15) is 13.2 Å². The summed E-state index contributed by atoms with van der Waals surface area (Å²) in [5.41, 5.74) is 0.620. The number of hydrogen-bond acceptors (Lipinski definition) is 3. The Morgan fingerprint density at radius 1 is 1.00 bits per heavy atom. The molecule has 1 unspecified atom stereocenters. The highest BCUT2D eigenvalue weighted by Gasteiger charge is 2.30. The second-order valence-corrected chi connectivity index (χ2v) is 6.23. The van der Waals surface area contributed by atoms with Crippen LogP contribution in [0.15, 0.2) is 42.5 Å². The van der Waals surface area contributed by atoms with E-state index in [-0.39, 0.29) is 18.4 Å². The minimum absolute atomic E-state index is 0.00216. The van der Waals surface area contributed by atoms with Crippen LogP contribution in [0, 0.1) is 0 Å². The lowest BCUT2D eigenvalue weighted by atomic mass is 10.1. The Kier molecular flexibility index (Phi) is 7.31. The fourth-order valence-electron chi connectivity index (χ4n) is 2.71. The molecule has 4 nitrogen and oxygen atoms in total. The molecule has 2 aromatic carbocycles. The number of benzene rings is 2. The zero-order valence-corrected chi connectivity index (χ0v) is 16.1. The Labute approximate surface area is 162 Å². The molecule has 0 aliphatic carbocycles.